The van der Waals surface area contributed by atoms with Crippen molar-refractivity contribution < 1.29 is 9.59 Å². The van der Waals surface area contributed by atoms with E-state index in [-0.39, 0.29) is 23.7 Å². The summed E-state index contributed by atoms with van der Waals surface area (Å²) >= 11 is 3.37. The fourth-order valence-corrected chi connectivity index (χ4v) is 4.52. The average Bonchev–Trinajstić information content (AvgIpc) is 3.06. The number of hydrogen-bond donors (Lipinski definition) is 0. The number of imide groups is 1. The lowest BCUT2D eigenvalue weighted by molar-refractivity contribution is -0.123. The molecule has 2 bridgehead atoms. The summed E-state index contributed by atoms with van der Waals surface area (Å²) in [6.07, 6.45) is 3.33. The van der Waals surface area contributed by atoms with Crippen molar-refractivity contribution in [2.75, 3.05) is 4.90 Å². The average molecular weight is 320 g/mol. The standard InChI is InChI=1S/C15H14BrNO2/c16-10-3-5-11(6-4-10)17-14(18)12-8-1-2-9(7-8)13(12)15(17)19/h3-6,8-9,12-13H,1-2,7H2. The Morgan fingerprint density at radius 1 is 0.947 bits per heavy atom. The number of rotatable bonds is 1. The highest BCUT2D eigenvalue weighted by Gasteiger charge is 2.61. The number of anilines is 1. The Hall–Kier alpha value is -1.16. The van der Waals surface area contributed by atoms with E-state index >= 15 is 0 Å². The monoisotopic (exact) mass is 319 g/mol. The van der Waals surface area contributed by atoms with Gasteiger partial charge in [-0.05, 0) is 55.4 Å². The molecule has 1 saturated heterocycles. The molecule has 4 unspecified atom stereocenters. The van der Waals surface area contributed by atoms with Crippen molar-refractivity contribution in [3.8, 4) is 0 Å². The Morgan fingerprint density at radius 2 is 1.47 bits per heavy atom. The molecule has 2 saturated carbocycles. The number of carbonyl (C=O) groups excluding carboxylic acids is 2. The first-order chi connectivity index (χ1) is 9.16. The van der Waals surface area contributed by atoms with E-state index in [0.29, 0.717) is 17.5 Å². The van der Waals surface area contributed by atoms with Gasteiger partial charge in [-0.2, -0.15) is 0 Å². The zero-order chi connectivity index (χ0) is 13.1. The summed E-state index contributed by atoms with van der Waals surface area (Å²) in [5, 5.41) is 0. The van der Waals surface area contributed by atoms with E-state index in [9.17, 15) is 9.59 Å². The van der Waals surface area contributed by atoms with Crippen LogP contribution in [0, 0.1) is 23.7 Å². The maximum absolute atomic E-state index is 12.6. The third-order valence-electron chi connectivity index (χ3n) is 5.01. The molecule has 3 fully saturated rings. The van der Waals surface area contributed by atoms with Crippen molar-refractivity contribution in [3.05, 3.63) is 28.7 Å². The smallest absolute Gasteiger partial charge is 0.237 e. The summed E-state index contributed by atoms with van der Waals surface area (Å²) in [6, 6.07) is 7.42. The van der Waals surface area contributed by atoms with E-state index in [4.69, 9.17) is 0 Å². The van der Waals surface area contributed by atoms with Crippen LogP contribution >= 0.6 is 15.9 Å². The van der Waals surface area contributed by atoms with Gasteiger partial charge in [0.05, 0.1) is 17.5 Å². The van der Waals surface area contributed by atoms with Crippen LogP contribution in [0.4, 0.5) is 5.69 Å². The van der Waals surface area contributed by atoms with Gasteiger partial charge < -0.3 is 0 Å². The molecular weight excluding hydrogens is 306 g/mol. The molecule has 19 heavy (non-hydrogen) atoms. The Kier molecular flexibility index (Phi) is 2.40. The van der Waals surface area contributed by atoms with Crippen molar-refractivity contribution >= 4 is 33.4 Å². The van der Waals surface area contributed by atoms with Crippen molar-refractivity contribution in [2.45, 2.75) is 19.3 Å². The van der Waals surface area contributed by atoms with E-state index < -0.39 is 0 Å². The van der Waals surface area contributed by atoms with Gasteiger partial charge in [0, 0.05) is 4.47 Å². The van der Waals surface area contributed by atoms with Crippen LogP contribution < -0.4 is 4.90 Å². The summed E-state index contributed by atoms with van der Waals surface area (Å²) in [5.41, 5.74) is 0.715. The second-order valence-electron chi connectivity index (χ2n) is 5.87. The Labute approximate surface area is 120 Å². The van der Waals surface area contributed by atoms with Gasteiger partial charge in [-0.25, -0.2) is 0 Å². The van der Waals surface area contributed by atoms with Gasteiger partial charge in [0.1, 0.15) is 0 Å². The SMILES string of the molecule is O=C1C2C3CCC(C3)C2C(=O)N1c1ccc(Br)cc1. The number of fused-ring (bicyclic) bond motifs is 5. The molecule has 2 amide bonds. The summed E-state index contributed by atoms with van der Waals surface area (Å²) in [4.78, 5) is 26.6. The minimum absolute atomic E-state index is 0.0320. The predicted molar refractivity (Wildman–Crippen MR) is 74.4 cm³/mol. The molecule has 3 aliphatic rings. The van der Waals surface area contributed by atoms with Crippen molar-refractivity contribution in [1.29, 1.82) is 0 Å². The van der Waals surface area contributed by atoms with Crippen LogP contribution in [0.15, 0.2) is 28.7 Å². The molecule has 4 heteroatoms. The van der Waals surface area contributed by atoms with Gasteiger partial charge in [-0.3, -0.25) is 14.5 Å². The Balaban J connectivity index is 1.73. The normalized spacial score (nSPS) is 36.2. The molecule has 0 spiro atoms. The van der Waals surface area contributed by atoms with Crippen molar-refractivity contribution in [1.82, 2.24) is 0 Å². The molecule has 1 aromatic rings. The van der Waals surface area contributed by atoms with E-state index in [0.717, 1.165) is 23.7 Å². The Morgan fingerprint density at radius 3 is 2.00 bits per heavy atom. The molecule has 0 aromatic heterocycles. The number of carbonyl (C=O) groups is 2. The largest absolute Gasteiger partial charge is 0.274 e. The lowest BCUT2D eigenvalue weighted by atomic mass is 9.81. The molecule has 3 nitrogen and oxygen atoms in total. The minimum Gasteiger partial charge on any atom is -0.274 e. The van der Waals surface area contributed by atoms with Gasteiger partial charge in [0.2, 0.25) is 11.8 Å². The van der Waals surface area contributed by atoms with E-state index in [1.54, 1.807) is 0 Å². The summed E-state index contributed by atoms with van der Waals surface area (Å²) in [7, 11) is 0. The van der Waals surface area contributed by atoms with Gasteiger partial charge in [0.25, 0.3) is 0 Å². The quantitative estimate of drug-likeness (QED) is 0.746. The maximum Gasteiger partial charge on any atom is 0.237 e. The Bertz CT molecular complexity index is 540. The highest BCUT2D eigenvalue weighted by Crippen LogP contribution is 2.56. The first-order valence-corrected chi connectivity index (χ1v) is 7.59. The molecule has 1 aliphatic heterocycles. The first kappa shape index (κ1) is 11.6. The molecule has 98 valence electrons. The lowest BCUT2D eigenvalue weighted by Gasteiger charge is -2.19. The minimum atomic E-state index is -0.0325. The van der Waals surface area contributed by atoms with Crippen LogP contribution in [0.2, 0.25) is 0 Å². The van der Waals surface area contributed by atoms with Gasteiger partial charge in [0.15, 0.2) is 0 Å². The van der Waals surface area contributed by atoms with Crippen LogP contribution in [-0.2, 0) is 9.59 Å². The molecule has 4 rings (SSSR count). The number of benzene rings is 1. The third kappa shape index (κ3) is 1.49. The zero-order valence-corrected chi connectivity index (χ0v) is 12.0. The second kappa shape index (κ2) is 3.92. The molecule has 2 aliphatic carbocycles. The zero-order valence-electron chi connectivity index (χ0n) is 10.4. The maximum atomic E-state index is 12.6. The van der Waals surface area contributed by atoms with Gasteiger partial charge >= 0.3 is 0 Å². The highest BCUT2D eigenvalue weighted by atomic mass is 79.9. The number of nitrogens with zero attached hydrogens (tertiary/aromatic N) is 1. The summed E-state index contributed by atoms with van der Waals surface area (Å²) in [5.74, 6) is 0.901. The molecule has 1 aromatic carbocycles. The van der Waals surface area contributed by atoms with Crippen LogP contribution in [0.5, 0.6) is 0 Å². The molecule has 0 radical (unpaired) electrons. The first-order valence-electron chi connectivity index (χ1n) is 6.80. The molecular formula is C15H14BrNO2. The fourth-order valence-electron chi connectivity index (χ4n) is 4.25. The number of halogens is 1. The van der Waals surface area contributed by atoms with Crippen LogP contribution in [0.25, 0.3) is 0 Å². The van der Waals surface area contributed by atoms with Crippen LogP contribution in [0.3, 0.4) is 0 Å². The number of hydrogen-bond acceptors (Lipinski definition) is 2. The van der Waals surface area contributed by atoms with Crippen LogP contribution in [-0.4, -0.2) is 11.8 Å². The van der Waals surface area contributed by atoms with E-state index in [2.05, 4.69) is 15.9 Å². The van der Waals surface area contributed by atoms with Crippen LogP contribution in [0.1, 0.15) is 19.3 Å². The fraction of sp³-hybridized carbons (Fsp3) is 0.467. The second-order valence-corrected chi connectivity index (χ2v) is 6.79. The van der Waals surface area contributed by atoms with Gasteiger partial charge in [-0.1, -0.05) is 15.9 Å². The predicted octanol–water partition coefficient (Wildman–Crippen LogP) is 2.98. The summed E-state index contributed by atoms with van der Waals surface area (Å²) < 4.78 is 0.954. The highest BCUT2D eigenvalue weighted by molar-refractivity contribution is 9.10. The van der Waals surface area contributed by atoms with E-state index in [1.807, 2.05) is 24.3 Å². The van der Waals surface area contributed by atoms with Crippen molar-refractivity contribution in [3.63, 3.8) is 0 Å². The van der Waals surface area contributed by atoms with Crippen molar-refractivity contribution in [2.24, 2.45) is 23.7 Å². The molecule has 0 N–H and O–H groups in total. The van der Waals surface area contributed by atoms with E-state index in [1.165, 1.54) is 4.90 Å². The topological polar surface area (TPSA) is 37.4 Å². The lowest BCUT2D eigenvalue weighted by Crippen LogP contribution is -2.32. The van der Waals surface area contributed by atoms with Gasteiger partial charge in [-0.15, -0.1) is 0 Å². The third-order valence-corrected chi connectivity index (χ3v) is 5.54. The number of amides is 2. The molecule has 1 heterocycles. The summed E-state index contributed by atoms with van der Waals surface area (Å²) in [6.45, 7) is 0. The molecule has 4 atom stereocenters.